The van der Waals surface area contributed by atoms with Crippen molar-refractivity contribution in [2.45, 2.75) is 38.6 Å². The van der Waals surface area contributed by atoms with Crippen LogP contribution in [-0.4, -0.2) is 49.1 Å². The molecule has 0 radical (unpaired) electrons. The smallest absolute Gasteiger partial charge is 0.0192 e. The summed E-state index contributed by atoms with van der Waals surface area (Å²) in [5.41, 5.74) is 0. The summed E-state index contributed by atoms with van der Waals surface area (Å²) < 4.78 is 0. The van der Waals surface area contributed by atoms with Crippen LogP contribution in [0.1, 0.15) is 32.6 Å². The molecule has 0 bridgehead atoms. The molecule has 0 aromatic rings. The van der Waals surface area contributed by atoms with Crippen LogP contribution in [0, 0.1) is 0 Å². The molecule has 0 aliphatic carbocycles. The third-order valence-electron chi connectivity index (χ3n) is 3.13. The topological polar surface area (TPSA) is 15.3 Å². The molecule has 1 saturated heterocycles. The molecule has 3 heteroatoms. The zero-order valence-corrected chi connectivity index (χ0v) is 11.1. The highest BCUT2D eigenvalue weighted by Gasteiger charge is 2.15. The van der Waals surface area contributed by atoms with Crippen molar-refractivity contribution in [2.75, 3.05) is 38.2 Å². The van der Waals surface area contributed by atoms with Crippen LogP contribution in [0.5, 0.6) is 0 Å². The summed E-state index contributed by atoms with van der Waals surface area (Å²) in [7, 11) is 0. The second kappa shape index (κ2) is 8.43. The van der Waals surface area contributed by atoms with Gasteiger partial charge in [-0.1, -0.05) is 6.92 Å². The number of unbranched alkanes of at least 4 members (excludes halogenated alkanes) is 1. The van der Waals surface area contributed by atoms with Gasteiger partial charge in [0.15, 0.2) is 0 Å². The highest BCUT2D eigenvalue weighted by molar-refractivity contribution is 7.98. The van der Waals surface area contributed by atoms with E-state index in [9.17, 15) is 0 Å². The minimum absolute atomic E-state index is 0.730. The first kappa shape index (κ1) is 13.3. The maximum absolute atomic E-state index is 3.62. The second-order valence-electron chi connectivity index (χ2n) is 4.41. The average Bonchev–Trinajstić information content (AvgIpc) is 2.49. The zero-order valence-electron chi connectivity index (χ0n) is 10.3. The average molecular weight is 230 g/mol. The van der Waals surface area contributed by atoms with Crippen molar-refractivity contribution in [3.63, 3.8) is 0 Å². The van der Waals surface area contributed by atoms with Crippen LogP contribution in [0.25, 0.3) is 0 Å². The van der Waals surface area contributed by atoms with E-state index in [1.54, 1.807) is 0 Å². The molecule has 0 aromatic carbocycles. The van der Waals surface area contributed by atoms with Crippen LogP contribution in [-0.2, 0) is 0 Å². The summed E-state index contributed by atoms with van der Waals surface area (Å²) in [6.45, 7) is 7.35. The standard InChI is InChI=1S/C12H26N2S/c1-3-12-11-14(9-6-7-13-12)8-4-5-10-15-2/h12-13H,3-11H2,1-2H3. The van der Waals surface area contributed by atoms with E-state index in [4.69, 9.17) is 0 Å². The van der Waals surface area contributed by atoms with Gasteiger partial charge in [0.25, 0.3) is 0 Å². The Labute approximate surface area is 99.2 Å². The quantitative estimate of drug-likeness (QED) is 0.704. The predicted octanol–water partition coefficient (Wildman–Crippen LogP) is 2.20. The molecule has 2 nitrogen and oxygen atoms in total. The zero-order chi connectivity index (χ0) is 10.9. The minimum atomic E-state index is 0.730. The van der Waals surface area contributed by atoms with E-state index < -0.39 is 0 Å². The second-order valence-corrected chi connectivity index (χ2v) is 5.40. The highest BCUT2D eigenvalue weighted by Crippen LogP contribution is 2.06. The summed E-state index contributed by atoms with van der Waals surface area (Å²) >= 11 is 1.97. The number of hydrogen-bond acceptors (Lipinski definition) is 3. The molecule has 1 N–H and O–H groups in total. The van der Waals surface area contributed by atoms with E-state index in [0.717, 1.165) is 6.04 Å². The molecule has 90 valence electrons. The van der Waals surface area contributed by atoms with E-state index in [-0.39, 0.29) is 0 Å². The Morgan fingerprint density at radius 1 is 1.40 bits per heavy atom. The fourth-order valence-corrected chi connectivity index (χ4v) is 2.63. The summed E-state index contributed by atoms with van der Waals surface area (Å²) in [4.78, 5) is 2.65. The van der Waals surface area contributed by atoms with Gasteiger partial charge in [0.2, 0.25) is 0 Å². The largest absolute Gasteiger partial charge is 0.313 e. The van der Waals surface area contributed by atoms with E-state index in [2.05, 4.69) is 23.4 Å². The number of thioether (sulfide) groups is 1. The van der Waals surface area contributed by atoms with Crippen molar-refractivity contribution in [2.24, 2.45) is 0 Å². The molecule has 1 aliphatic rings. The fraction of sp³-hybridized carbons (Fsp3) is 1.00. The van der Waals surface area contributed by atoms with E-state index in [1.165, 1.54) is 57.6 Å². The lowest BCUT2D eigenvalue weighted by Gasteiger charge is -2.23. The maximum atomic E-state index is 3.62. The van der Waals surface area contributed by atoms with Crippen LogP contribution in [0.15, 0.2) is 0 Å². The summed E-state index contributed by atoms with van der Waals surface area (Å²) in [6, 6.07) is 0.730. The lowest BCUT2D eigenvalue weighted by Crippen LogP contribution is -2.37. The van der Waals surface area contributed by atoms with Gasteiger partial charge in [0, 0.05) is 12.6 Å². The molecular formula is C12H26N2S. The summed E-state index contributed by atoms with van der Waals surface area (Å²) in [6.07, 6.45) is 7.53. The van der Waals surface area contributed by atoms with Crippen molar-refractivity contribution < 1.29 is 0 Å². The third kappa shape index (κ3) is 5.79. The minimum Gasteiger partial charge on any atom is -0.313 e. The molecule has 0 aromatic heterocycles. The molecule has 1 aliphatic heterocycles. The number of nitrogens with zero attached hydrogens (tertiary/aromatic N) is 1. The maximum Gasteiger partial charge on any atom is 0.0192 e. The van der Waals surface area contributed by atoms with Crippen LogP contribution >= 0.6 is 11.8 Å². The van der Waals surface area contributed by atoms with Crippen LogP contribution in [0.3, 0.4) is 0 Å². The van der Waals surface area contributed by atoms with Gasteiger partial charge in [0.1, 0.15) is 0 Å². The van der Waals surface area contributed by atoms with Crippen molar-refractivity contribution >= 4 is 11.8 Å². The van der Waals surface area contributed by atoms with Gasteiger partial charge < -0.3 is 10.2 Å². The van der Waals surface area contributed by atoms with Crippen LogP contribution in [0.2, 0.25) is 0 Å². The summed E-state index contributed by atoms with van der Waals surface area (Å²) in [5, 5.41) is 3.62. The summed E-state index contributed by atoms with van der Waals surface area (Å²) in [5.74, 6) is 1.32. The molecule has 0 spiro atoms. The highest BCUT2D eigenvalue weighted by atomic mass is 32.2. The first-order valence-corrected chi connectivity index (χ1v) is 7.71. The molecule has 1 fully saturated rings. The lowest BCUT2D eigenvalue weighted by molar-refractivity contribution is 0.262. The predicted molar refractivity (Wildman–Crippen MR) is 70.8 cm³/mol. The first-order chi connectivity index (χ1) is 7.36. The SMILES string of the molecule is CCC1CN(CCCCSC)CCCN1. The molecule has 1 unspecified atom stereocenters. The van der Waals surface area contributed by atoms with Gasteiger partial charge in [-0.15, -0.1) is 0 Å². The van der Waals surface area contributed by atoms with E-state index in [0.29, 0.717) is 0 Å². The lowest BCUT2D eigenvalue weighted by atomic mass is 10.2. The number of hydrogen-bond donors (Lipinski definition) is 1. The van der Waals surface area contributed by atoms with Gasteiger partial charge in [-0.05, 0) is 57.3 Å². The fourth-order valence-electron chi connectivity index (χ4n) is 2.13. The van der Waals surface area contributed by atoms with Crippen LogP contribution in [0.4, 0.5) is 0 Å². The molecule has 0 saturated carbocycles. The normalized spacial score (nSPS) is 24.0. The molecule has 15 heavy (non-hydrogen) atoms. The van der Waals surface area contributed by atoms with E-state index >= 15 is 0 Å². The molecule has 1 heterocycles. The Kier molecular flexibility index (Phi) is 7.49. The first-order valence-electron chi connectivity index (χ1n) is 6.31. The third-order valence-corrected chi connectivity index (χ3v) is 3.83. The van der Waals surface area contributed by atoms with Gasteiger partial charge in [-0.25, -0.2) is 0 Å². The molecule has 1 rings (SSSR count). The Hall–Kier alpha value is 0.270. The Balaban J connectivity index is 2.15. The molecular weight excluding hydrogens is 204 g/mol. The van der Waals surface area contributed by atoms with Gasteiger partial charge in [0.05, 0.1) is 0 Å². The monoisotopic (exact) mass is 230 g/mol. The van der Waals surface area contributed by atoms with Crippen LogP contribution < -0.4 is 5.32 Å². The Morgan fingerprint density at radius 2 is 2.27 bits per heavy atom. The van der Waals surface area contributed by atoms with Gasteiger partial charge in [-0.3, -0.25) is 0 Å². The van der Waals surface area contributed by atoms with Crippen molar-refractivity contribution in [3.05, 3.63) is 0 Å². The molecule has 0 amide bonds. The van der Waals surface area contributed by atoms with Gasteiger partial charge in [-0.2, -0.15) is 11.8 Å². The Morgan fingerprint density at radius 3 is 3.00 bits per heavy atom. The van der Waals surface area contributed by atoms with E-state index in [1.807, 2.05) is 11.8 Å². The molecule has 1 atom stereocenters. The van der Waals surface area contributed by atoms with Crippen molar-refractivity contribution in [1.82, 2.24) is 10.2 Å². The van der Waals surface area contributed by atoms with Gasteiger partial charge >= 0.3 is 0 Å². The number of rotatable bonds is 6. The number of nitrogens with one attached hydrogen (secondary N) is 1. The van der Waals surface area contributed by atoms with Crippen molar-refractivity contribution in [1.29, 1.82) is 0 Å². The van der Waals surface area contributed by atoms with Crippen molar-refractivity contribution in [3.8, 4) is 0 Å². The Bertz CT molecular complexity index is 153.